The first kappa shape index (κ1) is 16.1. The lowest BCUT2D eigenvalue weighted by Gasteiger charge is -2.37. The number of rotatable bonds is 4. The second kappa shape index (κ2) is 7.11. The Labute approximate surface area is 132 Å². The van der Waals surface area contributed by atoms with E-state index in [0.29, 0.717) is 18.2 Å². The van der Waals surface area contributed by atoms with Gasteiger partial charge in [-0.3, -0.25) is 4.79 Å². The molecule has 0 spiro atoms. The Balaban J connectivity index is 1.95. The third-order valence-electron chi connectivity index (χ3n) is 4.01. The molecule has 1 aromatic rings. The highest BCUT2D eigenvalue weighted by Gasteiger charge is 2.25. The molecule has 0 atom stereocenters. The Morgan fingerprint density at radius 1 is 1.38 bits per heavy atom. The van der Waals surface area contributed by atoms with E-state index in [4.69, 9.17) is 0 Å². The van der Waals surface area contributed by atoms with E-state index >= 15 is 0 Å². The van der Waals surface area contributed by atoms with Crippen LogP contribution in [0.1, 0.15) is 30.8 Å². The smallest absolute Gasteiger partial charge is 0.223 e. The minimum Gasteiger partial charge on any atom is -0.356 e. The lowest BCUT2D eigenvalue weighted by Crippen LogP contribution is -2.46. The first-order chi connectivity index (χ1) is 10.0. The van der Waals surface area contributed by atoms with Gasteiger partial charge in [-0.1, -0.05) is 0 Å². The van der Waals surface area contributed by atoms with E-state index in [2.05, 4.69) is 27.5 Å². The highest BCUT2D eigenvalue weighted by molar-refractivity contribution is 7.80. The maximum atomic E-state index is 11.9. The van der Waals surface area contributed by atoms with Crippen molar-refractivity contribution in [2.75, 3.05) is 30.8 Å². The van der Waals surface area contributed by atoms with Crippen molar-refractivity contribution in [1.29, 1.82) is 0 Å². The van der Waals surface area contributed by atoms with Gasteiger partial charge in [-0.15, -0.1) is 0 Å². The van der Waals surface area contributed by atoms with E-state index in [1.54, 1.807) is 0 Å². The molecule has 1 amide bonds. The van der Waals surface area contributed by atoms with Crippen molar-refractivity contribution >= 4 is 24.4 Å². The maximum Gasteiger partial charge on any atom is 0.223 e. The minimum absolute atomic E-state index is 0.192. The van der Waals surface area contributed by atoms with Gasteiger partial charge in [0.15, 0.2) is 0 Å². The van der Waals surface area contributed by atoms with Crippen molar-refractivity contribution in [1.82, 2.24) is 14.9 Å². The van der Waals surface area contributed by atoms with Gasteiger partial charge in [0.1, 0.15) is 11.6 Å². The Kier molecular flexibility index (Phi) is 5.45. The molecular weight excluding hydrogens is 284 g/mol. The topological polar surface area (TPSA) is 49.3 Å². The van der Waals surface area contributed by atoms with Crippen molar-refractivity contribution in [3.8, 4) is 0 Å². The second-order valence-electron chi connectivity index (χ2n) is 5.61. The molecule has 1 aliphatic heterocycles. The van der Waals surface area contributed by atoms with E-state index in [-0.39, 0.29) is 5.91 Å². The summed E-state index contributed by atoms with van der Waals surface area (Å²) in [6.07, 6.45) is 2.48. The number of thiol groups is 1. The molecule has 21 heavy (non-hydrogen) atoms. The lowest BCUT2D eigenvalue weighted by atomic mass is 10.0. The van der Waals surface area contributed by atoms with Gasteiger partial charge in [0.25, 0.3) is 0 Å². The van der Waals surface area contributed by atoms with Gasteiger partial charge >= 0.3 is 0 Å². The van der Waals surface area contributed by atoms with Crippen LogP contribution in [0.5, 0.6) is 0 Å². The molecule has 2 rings (SSSR count). The molecule has 116 valence electrons. The number of hydrogen-bond acceptors (Lipinski definition) is 5. The Bertz CT molecular complexity index is 480. The monoisotopic (exact) mass is 308 g/mol. The summed E-state index contributed by atoms with van der Waals surface area (Å²) in [6.45, 7) is 5.78. The van der Waals surface area contributed by atoms with Crippen LogP contribution in [0.4, 0.5) is 5.82 Å². The molecule has 6 heteroatoms. The molecule has 0 aliphatic carbocycles. The van der Waals surface area contributed by atoms with Crippen LogP contribution in [0.25, 0.3) is 0 Å². The predicted molar refractivity (Wildman–Crippen MR) is 88.0 cm³/mol. The summed E-state index contributed by atoms with van der Waals surface area (Å²) in [5, 5.41) is 0. The zero-order valence-electron chi connectivity index (χ0n) is 13.0. The summed E-state index contributed by atoms with van der Waals surface area (Å²) < 4.78 is 0. The normalized spacial score (nSPS) is 16.1. The number of nitrogens with zero attached hydrogens (tertiary/aromatic N) is 4. The van der Waals surface area contributed by atoms with Crippen molar-refractivity contribution < 1.29 is 4.79 Å². The average Bonchev–Trinajstić information content (AvgIpc) is 2.46. The van der Waals surface area contributed by atoms with Crippen molar-refractivity contribution in [3.63, 3.8) is 0 Å². The number of aryl methyl sites for hydroxylation is 2. The van der Waals surface area contributed by atoms with Gasteiger partial charge in [0, 0.05) is 44.4 Å². The maximum absolute atomic E-state index is 11.9. The van der Waals surface area contributed by atoms with Crippen molar-refractivity contribution in [3.05, 3.63) is 17.6 Å². The summed E-state index contributed by atoms with van der Waals surface area (Å²) in [7, 11) is 1.91. The number of piperidine rings is 1. The van der Waals surface area contributed by atoms with Crippen LogP contribution in [0.2, 0.25) is 0 Å². The fraction of sp³-hybridized carbons (Fsp3) is 0.667. The first-order valence-electron chi connectivity index (χ1n) is 7.45. The molecular formula is C15H24N4OS. The Hall–Kier alpha value is -1.30. The number of carbonyl (C=O) groups excluding carboxylic acids is 1. The third-order valence-corrected chi connectivity index (χ3v) is 4.23. The van der Waals surface area contributed by atoms with E-state index < -0.39 is 0 Å². The summed E-state index contributed by atoms with van der Waals surface area (Å²) in [5.74, 6) is 2.62. The zero-order chi connectivity index (χ0) is 15.4. The molecule has 1 saturated heterocycles. The van der Waals surface area contributed by atoms with Crippen molar-refractivity contribution in [2.45, 2.75) is 39.2 Å². The van der Waals surface area contributed by atoms with Gasteiger partial charge < -0.3 is 9.80 Å². The number of carbonyl (C=O) groups is 1. The summed E-state index contributed by atoms with van der Waals surface area (Å²) in [6, 6.07) is 2.36. The molecule has 0 bridgehead atoms. The predicted octanol–water partition coefficient (Wildman–Crippen LogP) is 1.84. The molecule has 1 aromatic heterocycles. The van der Waals surface area contributed by atoms with E-state index in [1.165, 1.54) is 0 Å². The first-order valence-corrected chi connectivity index (χ1v) is 8.08. The largest absolute Gasteiger partial charge is 0.356 e. The van der Waals surface area contributed by atoms with Crippen LogP contribution >= 0.6 is 12.6 Å². The molecule has 1 aliphatic rings. The fourth-order valence-electron chi connectivity index (χ4n) is 2.82. The molecule has 5 nitrogen and oxygen atoms in total. The Morgan fingerprint density at radius 3 is 2.62 bits per heavy atom. The van der Waals surface area contributed by atoms with Crippen LogP contribution in [0.15, 0.2) is 6.07 Å². The lowest BCUT2D eigenvalue weighted by molar-refractivity contribution is -0.131. The van der Waals surface area contributed by atoms with E-state index in [9.17, 15) is 4.79 Å². The quantitative estimate of drug-likeness (QED) is 0.862. The second-order valence-corrected chi connectivity index (χ2v) is 6.06. The van der Waals surface area contributed by atoms with E-state index in [1.807, 2.05) is 31.9 Å². The Morgan fingerprint density at radius 2 is 2.05 bits per heavy atom. The molecule has 2 heterocycles. The minimum atomic E-state index is 0.192. The molecule has 0 saturated carbocycles. The van der Waals surface area contributed by atoms with Crippen LogP contribution < -0.4 is 4.90 Å². The summed E-state index contributed by atoms with van der Waals surface area (Å²) in [5.41, 5.74) is 1.00. The average molecular weight is 308 g/mol. The summed E-state index contributed by atoms with van der Waals surface area (Å²) in [4.78, 5) is 24.9. The highest BCUT2D eigenvalue weighted by Crippen LogP contribution is 2.21. The van der Waals surface area contributed by atoms with Crippen molar-refractivity contribution in [2.24, 2.45) is 0 Å². The number of anilines is 1. The highest BCUT2D eigenvalue weighted by atomic mass is 32.1. The zero-order valence-corrected chi connectivity index (χ0v) is 13.9. The number of hydrogen-bond donors (Lipinski definition) is 1. The third kappa shape index (κ3) is 4.09. The molecule has 0 aromatic carbocycles. The number of amides is 1. The molecule has 1 fully saturated rings. The summed E-state index contributed by atoms with van der Waals surface area (Å²) >= 11 is 4.13. The molecule has 0 N–H and O–H groups in total. The number of aromatic nitrogens is 2. The van der Waals surface area contributed by atoms with Gasteiger partial charge in [0.2, 0.25) is 5.91 Å². The van der Waals surface area contributed by atoms with Gasteiger partial charge in [-0.05, 0) is 32.4 Å². The fourth-order valence-corrected chi connectivity index (χ4v) is 3.01. The van der Waals surface area contributed by atoms with Crippen LogP contribution in [-0.4, -0.2) is 52.7 Å². The van der Waals surface area contributed by atoms with Crippen LogP contribution in [0, 0.1) is 13.8 Å². The van der Waals surface area contributed by atoms with Gasteiger partial charge in [0.05, 0.1) is 0 Å². The SMILES string of the molecule is Cc1cc(N2CCC(N(C)C(=O)CCS)CC2)nc(C)n1. The molecule has 0 unspecified atom stereocenters. The van der Waals surface area contributed by atoms with Gasteiger partial charge in [-0.25, -0.2) is 9.97 Å². The molecule has 0 radical (unpaired) electrons. The standard InChI is InChI=1S/C15H24N4OS/c1-11-10-14(17-12(2)16-11)19-7-4-13(5-8-19)18(3)15(20)6-9-21/h10,13,21H,4-9H2,1-3H3. The van der Waals surface area contributed by atoms with Gasteiger partial charge in [-0.2, -0.15) is 12.6 Å². The van der Waals surface area contributed by atoms with Crippen LogP contribution in [-0.2, 0) is 4.79 Å². The van der Waals surface area contributed by atoms with E-state index in [0.717, 1.165) is 43.3 Å². The van der Waals surface area contributed by atoms with Crippen LogP contribution in [0.3, 0.4) is 0 Å².